The molecule has 174 valence electrons. The minimum Gasteiger partial charge on any atom is -0.493 e. The summed E-state index contributed by atoms with van der Waals surface area (Å²) in [7, 11) is 1.37. The molecule has 0 spiro atoms. The number of carbonyl (C=O) groups excluding carboxylic acids is 2. The van der Waals surface area contributed by atoms with E-state index in [0.717, 1.165) is 12.1 Å². The highest BCUT2D eigenvalue weighted by molar-refractivity contribution is 5.95. The summed E-state index contributed by atoms with van der Waals surface area (Å²) >= 11 is 0. The van der Waals surface area contributed by atoms with Gasteiger partial charge in [0.25, 0.3) is 5.91 Å². The molecule has 32 heavy (non-hydrogen) atoms. The Morgan fingerprint density at radius 2 is 1.84 bits per heavy atom. The zero-order valence-electron chi connectivity index (χ0n) is 18.4. The zero-order chi connectivity index (χ0) is 23.5. The number of amides is 2. The number of aromatic nitrogens is 2. The lowest BCUT2D eigenvalue weighted by atomic mass is 9.95. The first-order valence-electron chi connectivity index (χ1n) is 10.6. The fraction of sp³-hybridized carbons (Fsp3) is 0.500. The Bertz CT molecular complexity index is 962. The summed E-state index contributed by atoms with van der Waals surface area (Å²) < 4.78 is 45.6. The average Bonchev–Trinajstić information content (AvgIpc) is 3.23. The maximum absolute atomic E-state index is 13.1. The average molecular weight is 452 g/mol. The first-order chi connectivity index (χ1) is 15.2. The molecule has 3 rings (SSSR count). The molecule has 1 fully saturated rings. The standard InChI is InChI=1S/C22H27F3N4O3/c1-4-27(5-2)20(30)15-9-11-28(12-10-15)21(31)19-18(32-3)14-29(26-19)17-8-6-7-16(13-17)22(23,24)25/h6-8,13-15H,4-5,9-12H2,1-3H3. The third-order valence-corrected chi connectivity index (χ3v) is 5.75. The van der Waals surface area contributed by atoms with Gasteiger partial charge in [0.2, 0.25) is 5.91 Å². The van der Waals surface area contributed by atoms with E-state index in [9.17, 15) is 22.8 Å². The monoisotopic (exact) mass is 452 g/mol. The number of hydrogen-bond donors (Lipinski definition) is 0. The van der Waals surface area contributed by atoms with E-state index < -0.39 is 11.7 Å². The van der Waals surface area contributed by atoms with Gasteiger partial charge in [-0.05, 0) is 44.9 Å². The second-order valence-electron chi connectivity index (χ2n) is 7.62. The van der Waals surface area contributed by atoms with Crippen molar-refractivity contribution >= 4 is 11.8 Å². The van der Waals surface area contributed by atoms with Gasteiger partial charge in [-0.1, -0.05) is 6.07 Å². The number of methoxy groups -OCH3 is 1. The van der Waals surface area contributed by atoms with Gasteiger partial charge in [-0.2, -0.15) is 18.3 Å². The van der Waals surface area contributed by atoms with E-state index in [1.165, 1.54) is 30.1 Å². The smallest absolute Gasteiger partial charge is 0.416 e. The lowest BCUT2D eigenvalue weighted by Crippen LogP contribution is -2.44. The molecule has 1 saturated heterocycles. The summed E-state index contributed by atoms with van der Waals surface area (Å²) in [5.41, 5.74) is -0.614. The van der Waals surface area contributed by atoms with Crippen molar-refractivity contribution in [2.24, 2.45) is 5.92 Å². The van der Waals surface area contributed by atoms with Crippen molar-refractivity contribution in [1.82, 2.24) is 19.6 Å². The quantitative estimate of drug-likeness (QED) is 0.672. The van der Waals surface area contributed by atoms with Crippen molar-refractivity contribution in [1.29, 1.82) is 0 Å². The highest BCUT2D eigenvalue weighted by Gasteiger charge is 2.33. The molecule has 0 radical (unpaired) electrons. The number of nitrogens with zero attached hydrogens (tertiary/aromatic N) is 4. The first-order valence-corrected chi connectivity index (χ1v) is 10.6. The lowest BCUT2D eigenvalue weighted by Gasteiger charge is -2.33. The van der Waals surface area contributed by atoms with Crippen LogP contribution in [0.4, 0.5) is 13.2 Å². The Hall–Kier alpha value is -3.04. The van der Waals surface area contributed by atoms with E-state index in [4.69, 9.17) is 4.74 Å². The second kappa shape index (κ2) is 9.62. The van der Waals surface area contributed by atoms with Crippen LogP contribution in [-0.4, -0.2) is 64.7 Å². The molecule has 10 heteroatoms. The molecule has 2 aromatic rings. The normalized spacial score (nSPS) is 15.0. The van der Waals surface area contributed by atoms with Crippen molar-refractivity contribution in [2.75, 3.05) is 33.3 Å². The maximum atomic E-state index is 13.1. The molecule has 7 nitrogen and oxygen atoms in total. The van der Waals surface area contributed by atoms with Crippen molar-refractivity contribution in [2.45, 2.75) is 32.9 Å². The van der Waals surface area contributed by atoms with Gasteiger partial charge in [0.15, 0.2) is 11.4 Å². The van der Waals surface area contributed by atoms with Crippen LogP contribution < -0.4 is 4.74 Å². The van der Waals surface area contributed by atoms with Crippen molar-refractivity contribution in [3.05, 3.63) is 41.7 Å². The van der Waals surface area contributed by atoms with Gasteiger partial charge in [-0.3, -0.25) is 9.59 Å². The number of piperidine rings is 1. The summed E-state index contributed by atoms with van der Waals surface area (Å²) in [6.07, 6.45) is -1.99. The highest BCUT2D eigenvalue weighted by Crippen LogP contribution is 2.31. The summed E-state index contributed by atoms with van der Waals surface area (Å²) in [6, 6.07) is 4.69. The van der Waals surface area contributed by atoms with Gasteiger partial charge in [0, 0.05) is 32.1 Å². The Balaban J connectivity index is 1.76. The lowest BCUT2D eigenvalue weighted by molar-refractivity contribution is -0.138. The molecular weight excluding hydrogens is 425 g/mol. The summed E-state index contributed by atoms with van der Waals surface area (Å²) in [5.74, 6) is -0.216. The van der Waals surface area contributed by atoms with Crippen LogP contribution in [0.25, 0.3) is 5.69 Å². The SMILES string of the molecule is CCN(CC)C(=O)C1CCN(C(=O)c2nn(-c3cccc(C(F)(F)F)c3)cc2OC)CC1. The van der Waals surface area contributed by atoms with E-state index >= 15 is 0 Å². The molecule has 0 atom stereocenters. The molecule has 2 heterocycles. The van der Waals surface area contributed by atoms with Crippen LogP contribution in [0.2, 0.25) is 0 Å². The molecule has 0 bridgehead atoms. The summed E-state index contributed by atoms with van der Waals surface area (Å²) in [6.45, 7) is 5.98. The Morgan fingerprint density at radius 3 is 2.41 bits per heavy atom. The van der Waals surface area contributed by atoms with Gasteiger partial charge < -0.3 is 14.5 Å². The molecule has 1 aromatic carbocycles. The van der Waals surface area contributed by atoms with Gasteiger partial charge in [0.1, 0.15) is 0 Å². The van der Waals surface area contributed by atoms with Crippen molar-refractivity contribution in [3.63, 3.8) is 0 Å². The van der Waals surface area contributed by atoms with E-state index in [0.29, 0.717) is 39.0 Å². The Kier molecular flexibility index (Phi) is 7.10. The van der Waals surface area contributed by atoms with Crippen LogP contribution in [0, 0.1) is 5.92 Å². The van der Waals surface area contributed by atoms with E-state index in [-0.39, 0.29) is 34.9 Å². The van der Waals surface area contributed by atoms with Crippen LogP contribution in [0.3, 0.4) is 0 Å². The van der Waals surface area contributed by atoms with Gasteiger partial charge in [-0.15, -0.1) is 0 Å². The van der Waals surface area contributed by atoms with Crippen LogP contribution >= 0.6 is 0 Å². The largest absolute Gasteiger partial charge is 0.493 e. The number of benzene rings is 1. The van der Waals surface area contributed by atoms with Crippen LogP contribution in [0.5, 0.6) is 5.75 Å². The van der Waals surface area contributed by atoms with Crippen LogP contribution in [0.1, 0.15) is 42.7 Å². The number of rotatable bonds is 6. The van der Waals surface area contributed by atoms with Gasteiger partial charge in [0.05, 0.1) is 24.6 Å². The summed E-state index contributed by atoms with van der Waals surface area (Å²) in [5, 5.41) is 4.22. The Labute approximate surface area is 184 Å². The third-order valence-electron chi connectivity index (χ3n) is 5.75. The topological polar surface area (TPSA) is 67.7 Å². The molecular formula is C22H27F3N4O3. The number of ether oxygens (including phenoxy) is 1. The summed E-state index contributed by atoms with van der Waals surface area (Å²) in [4.78, 5) is 29.0. The fourth-order valence-corrected chi connectivity index (χ4v) is 3.89. The van der Waals surface area contributed by atoms with E-state index in [1.807, 2.05) is 13.8 Å². The predicted molar refractivity (Wildman–Crippen MR) is 112 cm³/mol. The molecule has 0 saturated carbocycles. The molecule has 0 unspecified atom stereocenters. The van der Waals surface area contributed by atoms with Crippen LogP contribution in [0.15, 0.2) is 30.5 Å². The maximum Gasteiger partial charge on any atom is 0.416 e. The highest BCUT2D eigenvalue weighted by atomic mass is 19.4. The predicted octanol–water partition coefficient (Wildman–Crippen LogP) is 3.62. The molecule has 1 aromatic heterocycles. The Morgan fingerprint density at radius 1 is 1.19 bits per heavy atom. The number of hydrogen-bond acceptors (Lipinski definition) is 4. The van der Waals surface area contributed by atoms with Gasteiger partial charge >= 0.3 is 6.18 Å². The molecule has 1 aliphatic rings. The first kappa shape index (κ1) is 23.6. The number of carbonyl (C=O) groups is 2. The van der Waals surface area contributed by atoms with Crippen molar-refractivity contribution in [3.8, 4) is 11.4 Å². The van der Waals surface area contributed by atoms with Crippen molar-refractivity contribution < 1.29 is 27.5 Å². The zero-order valence-corrected chi connectivity index (χ0v) is 18.4. The number of halogens is 3. The molecule has 1 aliphatic heterocycles. The number of likely N-dealkylation sites (tertiary alicyclic amines) is 1. The molecule has 0 N–H and O–H groups in total. The minimum atomic E-state index is -4.49. The minimum absolute atomic E-state index is 0.0263. The second-order valence-corrected chi connectivity index (χ2v) is 7.62. The fourth-order valence-electron chi connectivity index (χ4n) is 3.89. The third kappa shape index (κ3) is 4.89. The van der Waals surface area contributed by atoms with Gasteiger partial charge in [-0.25, -0.2) is 4.68 Å². The number of alkyl halides is 3. The molecule has 2 amide bonds. The van der Waals surface area contributed by atoms with E-state index in [1.54, 1.807) is 9.80 Å². The van der Waals surface area contributed by atoms with E-state index in [2.05, 4.69) is 5.10 Å². The molecule has 0 aliphatic carbocycles. The van der Waals surface area contributed by atoms with Crippen LogP contribution in [-0.2, 0) is 11.0 Å².